The van der Waals surface area contributed by atoms with Crippen LogP contribution in [0.15, 0.2) is 57.8 Å². The van der Waals surface area contributed by atoms with E-state index in [-0.39, 0.29) is 4.90 Å². The molecule has 1 saturated heterocycles. The first-order valence-corrected chi connectivity index (χ1v) is 12.5. The van der Waals surface area contributed by atoms with E-state index in [0.29, 0.717) is 48.6 Å². The van der Waals surface area contributed by atoms with Crippen molar-refractivity contribution < 1.29 is 22.6 Å². The van der Waals surface area contributed by atoms with E-state index >= 15 is 0 Å². The average Bonchev–Trinajstić information content (AvgIpc) is 3.34. The molecule has 11 heteroatoms. The summed E-state index contributed by atoms with van der Waals surface area (Å²) in [5.41, 5.74) is 5.07. The number of anilines is 1. The van der Waals surface area contributed by atoms with Gasteiger partial charge in [0.2, 0.25) is 15.2 Å². The normalized spacial score (nSPS) is 15.0. The van der Waals surface area contributed by atoms with Crippen molar-refractivity contribution >= 4 is 32.7 Å². The first-order chi connectivity index (χ1) is 16.0. The molecular formula is C22H24N4O5S2. The van der Waals surface area contributed by atoms with Crippen molar-refractivity contribution in [3.05, 3.63) is 53.4 Å². The van der Waals surface area contributed by atoms with E-state index in [1.54, 1.807) is 44.7 Å². The Kier molecular flexibility index (Phi) is 7.23. The van der Waals surface area contributed by atoms with Gasteiger partial charge < -0.3 is 14.2 Å². The highest BCUT2D eigenvalue weighted by Crippen LogP contribution is 2.28. The Morgan fingerprint density at radius 1 is 1.15 bits per heavy atom. The molecule has 2 aromatic carbocycles. The van der Waals surface area contributed by atoms with E-state index in [9.17, 15) is 8.42 Å². The van der Waals surface area contributed by atoms with E-state index in [1.165, 1.54) is 15.6 Å². The van der Waals surface area contributed by atoms with Gasteiger partial charge in [0, 0.05) is 35.7 Å². The van der Waals surface area contributed by atoms with E-state index in [1.807, 2.05) is 23.6 Å². The van der Waals surface area contributed by atoms with Crippen LogP contribution in [0.1, 0.15) is 5.56 Å². The van der Waals surface area contributed by atoms with Gasteiger partial charge in [-0.2, -0.15) is 9.41 Å². The molecule has 2 heterocycles. The summed E-state index contributed by atoms with van der Waals surface area (Å²) in [4.78, 5) is 4.78. The summed E-state index contributed by atoms with van der Waals surface area (Å²) in [6, 6.07) is 12.3. The Morgan fingerprint density at radius 3 is 2.73 bits per heavy atom. The number of morpholine rings is 1. The number of ether oxygens (including phenoxy) is 3. The lowest BCUT2D eigenvalue weighted by Crippen LogP contribution is -2.40. The minimum absolute atomic E-state index is 0.244. The van der Waals surface area contributed by atoms with Crippen molar-refractivity contribution in [3.63, 3.8) is 0 Å². The minimum Gasteiger partial charge on any atom is -0.497 e. The van der Waals surface area contributed by atoms with Crippen molar-refractivity contribution in [1.29, 1.82) is 0 Å². The van der Waals surface area contributed by atoms with Crippen molar-refractivity contribution in [1.82, 2.24) is 9.29 Å². The molecule has 1 aromatic heterocycles. The molecule has 9 nitrogen and oxygen atoms in total. The highest BCUT2D eigenvalue weighted by molar-refractivity contribution is 7.89. The summed E-state index contributed by atoms with van der Waals surface area (Å²) < 4.78 is 43.2. The summed E-state index contributed by atoms with van der Waals surface area (Å²) >= 11 is 1.37. The van der Waals surface area contributed by atoms with Gasteiger partial charge in [-0.25, -0.2) is 13.4 Å². The van der Waals surface area contributed by atoms with Gasteiger partial charge in [-0.05, 0) is 24.3 Å². The maximum atomic E-state index is 12.9. The van der Waals surface area contributed by atoms with E-state index in [4.69, 9.17) is 14.2 Å². The second-order valence-electron chi connectivity index (χ2n) is 7.06. The van der Waals surface area contributed by atoms with Crippen LogP contribution in [0.3, 0.4) is 0 Å². The Labute approximate surface area is 196 Å². The fraction of sp³-hybridized carbons (Fsp3) is 0.273. The fourth-order valence-electron chi connectivity index (χ4n) is 3.29. The topological polar surface area (TPSA) is 102 Å². The van der Waals surface area contributed by atoms with Crippen molar-refractivity contribution in [3.8, 4) is 22.8 Å². The minimum atomic E-state index is -3.57. The van der Waals surface area contributed by atoms with Crippen LogP contribution in [0.2, 0.25) is 0 Å². The van der Waals surface area contributed by atoms with E-state index < -0.39 is 10.0 Å². The van der Waals surface area contributed by atoms with Crippen LogP contribution in [0.4, 0.5) is 5.13 Å². The lowest BCUT2D eigenvalue weighted by atomic mass is 10.2. The Bertz CT molecular complexity index is 1240. The van der Waals surface area contributed by atoms with Crippen molar-refractivity contribution in [2.24, 2.45) is 5.10 Å². The van der Waals surface area contributed by atoms with Gasteiger partial charge in [-0.15, -0.1) is 11.3 Å². The molecule has 0 unspecified atom stereocenters. The molecule has 0 spiro atoms. The number of hydrazone groups is 1. The lowest BCUT2D eigenvalue weighted by Gasteiger charge is -2.26. The van der Waals surface area contributed by atoms with Crippen LogP contribution in [0, 0.1) is 0 Å². The number of thiazole rings is 1. The molecule has 33 heavy (non-hydrogen) atoms. The Hall–Kier alpha value is -2.99. The smallest absolute Gasteiger partial charge is 0.243 e. The monoisotopic (exact) mass is 488 g/mol. The van der Waals surface area contributed by atoms with Crippen LogP contribution in [-0.4, -0.2) is 64.4 Å². The number of benzene rings is 2. The summed E-state index contributed by atoms with van der Waals surface area (Å²) in [5, 5.41) is 6.67. The van der Waals surface area contributed by atoms with Gasteiger partial charge in [0.25, 0.3) is 0 Å². The Morgan fingerprint density at radius 2 is 1.97 bits per heavy atom. The van der Waals surface area contributed by atoms with Crippen LogP contribution >= 0.6 is 11.3 Å². The molecule has 1 aliphatic rings. The number of hydrogen-bond acceptors (Lipinski definition) is 9. The molecule has 1 aliphatic heterocycles. The number of rotatable bonds is 8. The SMILES string of the molecule is COc1ccc(/C=N/Nc2nc(-c3cccc(S(=O)(=O)N4CCOCC4)c3)cs2)c(OC)c1. The number of hydrogen-bond donors (Lipinski definition) is 1. The second-order valence-corrected chi connectivity index (χ2v) is 9.86. The Balaban J connectivity index is 1.48. The van der Waals surface area contributed by atoms with Gasteiger partial charge in [0.15, 0.2) is 0 Å². The van der Waals surface area contributed by atoms with Gasteiger partial charge in [0.05, 0.1) is 44.2 Å². The molecule has 0 radical (unpaired) electrons. The number of methoxy groups -OCH3 is 2. The van der Waals surface area contributed by atoms with E-state index in [2.05, 4.69) is 15.5 Å². The standard InChI is InChI=1S/C22H24N4O5S2/c1-29-18-7-6-17(21(13-18)30-2)14-23-25-22-24-20(15-32-22)16-4-3-5-19(12-16)33(27,28)26-8-10-31-11-9-26/h3-7,12-15H,8-11H2,1-2H3,(H,24,25)/b23-14+. The zero-order valence-electron chi connectivity index (χ0n) is 18.2. The van der Waals surface area contributed by atoms with Crippen LogP contribution in [-0.2, 0) is 14.8 Å². The maximum Gasteiger partial charge on any atom is 0.243 e. The van der Waals surface area contributed by atoms with Gasteiger partial charge >= 0.3 is 0 Å². The first kappa shape index (κ1) is 23.2. The maximum absolute atomic E-state index is 12.9. The molecule has 1 N–H and O–H groups in total. The lowest BCUT2D eigenvalue weighted by molar-refractivity contribution is 0.0730. The third-order valence-corrected chi connectivity index (χ3v) is 7.69. The van der Waals surface area contributed by atoms with Crippen LogP contribution < -0.4 is 14.9 Å². The van der Waals surface area contributed by atoms with Gasteiger partial charge in [-0.3, -0.25) is 5.43 Å². The number of nitrogens with zero attached hydrogens (tertiary/aromatic N) is 3. The molecule has 0 bridgehead atoms. The van der Waals surface area contributed by atoms with E-state index in [0.717, 1.165) is 11.1 Å². The second kappa shape index (κ2) is 10.3. The number of nitrogens with one attached hydrogen (secondary N) is 1. The van der Waals surface area contributed by atoms with Crippen LogP contribution in [0.25, 0.3) is 11.3 Å². The highest BCUT2D eigenvalue weighted by Gasteiger charge is 2.26. The van der Waals surface area contributed by atoms with Crippen LogP contribution in [0.5, 0.6) is 11.5 Å². The molecule has 3 aromatic rings. The first-order valence-electron chi connectivity index (χ1n) is 10.2. The molecular weight excluding hydrogens is 464 g/mol. The summed E-state index contributed by atoms with van der Waals surface area (Å²) in [6.07, 6.45) is 1.63. The average molecular weight is 489 g/mol. The predicted octanol–water partition coefficient (Wildman–Crippen LogP) is 3.29. The van der Waals surface area contributed by atoms with Gasteiger partial charge in [-0.1, -0.05) is 12.1 Å². The molecule has 1 fully saturated rings. The molecule has 4 rings (SSSR count). The zero-order chi connectivity index (χ0) is 23.3. The van der Waals surface area contributed by atoms with Gasteiger partial charge in [0.1, 0.15) is 11.5 Å². The third kappa shape index (κ3) is 5.33. The summed E-state index contributed by atoms with van der Waals surface area (Å²) in [5.74, 6) is 1.33. The third-order valence-electron chi connectivity index (χ3n) is 5.05. The zero-order valence-corrected chi connectivity index (χ0v) is 19.9. The number of aromatic nitrogens is 1. The number of sulfonamides is 1. The predicted molar refractivity (Wildman–Crippen MR) is 128 cm³/mol. The molecule has 0 atom stereocenters. The molecule has 0 amide bonds. The highest BCUT2D eigenvalue weighted by atomic mass is 32.2. The molecule has 174 valence electrons. The van der Waals surface area contributed by atoms with Crippen molar-refractivity contribution in [2.75, 3.05) is 45.9 Å². The largest absolute Gasteiger partial charge is 0.497 e. The fourth-order valence-corrected chi connectivity index (χ4v) is 5.41. The quantitative estimate of drug-likeness (QED) is 0.383. The molecule has 0 aliphatic carbocycles. The summed E-state index contributed by atoms with van der Waals surface area (Å²) in [6.45, 7) is 1.52. The van der Waals surface area contributed by atoms with Crippen molar-refractivity contribution in [2.45, 2.75) is 4.90 Å². The molecule has 0 saturated carbocycles. The summed E-state index contributed by atoms with van der Waals surface area (Å²) in [7, 11) is -0.395.